The lowest BCUT2D eigenvalue weighted by Gasteiger charge is -2.11. The largest absolute Gasteiger partial charge is 0.490 e. The van der Waals surface area contributed by atoms with Crippen LogP contribution < -0.4 is 10.5 Å². The number of nitrogens with two attached hydrogens (primary N) is 1. The zero-order valence-electron chi connectivity index (χ0n) is 8.93. The maximum atomic E-state index is 10.9. The summed E-state index contributed by atoms with van der Waals surface area (Å²) in [4.78, 5) is 10.9. The van der Waals surface area contributed by atoms with Crippen molar-refractivity contribution in [2.24, 2.45) is 5.73 Å². The summed E-state index contributed by atoms with van der Waals surface area (Å²) in [5, 5.41) is 8.94. The van der Waals surface area contributed by atoms with Crippen molar-refractivity contribution in [1.29, 1.82) is 0 Å². The number of ether oxygens (including phenoxy) is 1. The summed E-state index contributed by atoms with van der Waals surface area (Å²) < 4.78 is 5.58. The first-order chi connectivity index (χ1) is 7.70. The van der Waals surface area contributed by atoms with E-state index in [1.807, 2.05) is 0 Å². The normalized spacial score (nSPS) is 16.8. The number of carboxylic acids is 1. The van der Waals surface area contributed by atoms with Crippen LogP contribution in [0.4, 0.5) is 0 Å². The molecule has 0 saturated heterocycles. The van der Waals surface area contributed by atoms with Gasteiger partial charge in [-0.15, -0.1) is 0 Å². The number of carbonyl (C=O) groups is 1. The first-order valence-electron chi connectivity index (χ1n) is 5.40. The van der Waals surface area contributed by atoms with E-state index in [9.17, 15) is 4.79 Å². The highest BCUT2D eigenvalue weighted by Crippen LogP contribution is 2.27. The highest BCUT2D eigenvalue weighted by molar-refractivity contribution is 5.76. The Hall–Kier alpha value is -1.55. The summed E-state index contributed by atoms with van der Waals surface area (Å²) >= 11 is 0. The maximum absolute atomic E-state index is 10.9. The van der Waals surface area contributed by atoms with Crippen LogP contribution in [0.5, 0.6) is 5.75 Å². The van der Waals surface area contributed by atoms with E-state index in [2.05, 4.69) is 0 Å². The lowest BCUT2D eigenvalue weighted by atomic mass is 9.99. The molecule has 3 N–H and O–H groups in total. The van der Waals surface area contributed by atoms with Crippen LogP contribution in [0.3, 0.4) is 0 Å². The Bertz CT molecular complexity index is 370. The van der Waals surface area contributed by atoms with E-state index in [-0.39, 0.29) is 6.54 Å². The van der Waals surface area contributed by atoms with Gasteiger partial charge in [-0.05, 0) is 30.5 Å². The van der Waals surface area contributed by atoms with Gasteiger partial charge in [0.05, 0.1) is 12.0 Å². The second-order valence-corrected chi connectivity index (χ2v) is 4.01. The van der Waals surface area contributed by atoms with E-state index in [0.717, 1.165) is 24.2 Å². The molecule has 0 bridgehead atoms. The average molecular weight is 221 g/mol. The molecule has 16 heavy (non-hydrogen) atoms. The lowest BCUT2D eigenvalue weighted by molar-refractivity contribution is -0.138. The van der Waals surface area contributed by atoms with Gasteiger partial charge in [0, 0.05) is 6.54 Å². The van der Waals surface area contributed by atoms with Gasteiger partial charge < -0.3 is 15.6 Å². The standard InChI is InChI=1S/C12H15NO3/c13-7-11(12(14)15)8-1-3-9(4-2-8)16-10-5-6-10/h1-4,10-11H,5-7,13H2,(H,14,15). The van der Waals surface area contributed by atoms with Crippen LogP contribution in [0.15, 0.2) is 24.3 Å². The Morgan fingerprint density at radius 2 is 2.06 bits per heavy atom. The average Bonchev–Trinajstić information content (AvgIpc) is 3.05. The van der Waals surface area contributed by atoms with E-state index in [0.29, 0.717) is 6.10 Å². The molecule has 1 aliphatic carbocycles. The summed E-state index contributed by atoms with van der Waals surface area (Å²) in [6.07, 6.45) is 2.58. The van der Waals surface area contributed by atoms with Crippen LogP contribution in [0, 0.1) is 0 Å². The Labute approximate surface area is 94.0 Å². The third kappa shape index (κ3) is 2.52. The lowest BCUT2D eigenvalue weighted by Crippen LogP contribution is -2.20. The third-order valence-electron chi connectivity index (χ3n) is 2.64. The number of hydrogen-bond donors (Lipinski definition) is 2. The zero-order valence-corrected chi connectivity index (χ0v) is 8.93. The van der Waals surface area contributed by atoms with Gasteiger partial charge in [-0.25, -0.2) is 0 Å². The molecule has 0 spiro atoms. The summed E-state index contributed by atoms with van der Waals surface area (Å²) in [7, 11) is 0. The van der Waals surface area contributed by atoms with Crippen molar-refractivity contribution >= 4 is 5.97 Å². The molecular formula is C12H15NO3. The van der Waals surface area contributed by atoms with E-state index >= 15 is 0 Å². The molecule has 1 fully saturated rings. The van der Waals surface area contributed by atoms with E-state index in [1.165, 1.54) is 0 Å². The van der Waals surface area contributed by atoms with Crippen LogP contribution in [0.2, 0.25) is 0 Å². The topological polar surface area (TPSA) is 72.6 Å². The zero-order chi connectivity index (χ0) is 11.5. The van der Waals surface area contributed by atoms with Crippen molar-refractivity contribution in [3.63, 3.8) is 0 Å². The van der Waals surface area contributed by atoms with Gasteiger partial charge in [0.1, 0.15) is 5.75 Å². The van der Waals surface area contributed by atoms with Crippen molar-refractivity contribution in [3.05, 3.63) is 29.8 Å². The first kappa shape index (κ1) is 11.0. The van der Waals surface area contributed by atoms with Gasteiger partial charge in [0.15, 0.2) is 0 Å². The molecule has 86 valence electrons. The number of hydrogen-bond acceptors (Lipinski definition) is 3. The Morgan fingerprint density at radius 3 is 2.50 bits per heavy atom. The monoisotopic (exact) mass is 221 g/mol. The molecule has 1 unspecified atom stereocenters. The fraction of sp³-hybridized carbons (Fsp3) is 0.417. The Morgan fingerprint density at radius 1 is 1.44 bits per heavy atom. The van der Waals surface area contributed by atoms with Gasteiger partial charge in [0.2, 0.25) is 0 Å². The number of aliphatic carboxylic acids is 1. The van der Waals surface area contributed by atoms with Crippen molar-refractivity contribution in [3.8, 4) is 5.75 Å². The smallest absolute Gasteiger partial charge is 0.312 e. The molecule has 0 aromatic heterocycles. The van der Waals surface area contributed by atoms with Gasteiger partial charge in [-0.2, -0.15) is 0 Å². The van der Waals surface area contributed by atoms with Gasteiger partial charge in [-0.1, -0.05) is 12.1 Å². The Kier molecular flexibility index (Phi) is 3.10. The van der Waals surface area contributed by atoms with Crippen LogP contribution in [-0.2, 0) is 4.79 Å². The molecule has 0 amide bonds. The highest BCUT2D eigenvalue weighted by atomic mass is 16.5. The highest BCUT2D eigenvalue weighted by Gasteiger charge is 2.23. The number of rotatable bonds is 5. The summed E-state index contributed by atoms with van der Waals surface area (Å²) in [5.74, 6) is -0.722. The van der Waals surface area contributed by atoms with E-state index in [1.54, 1.807) is 24.3 Å². The molecule has 1 atom stereocenters. The Balaban J connectivity index is 2.07. The SMILES string of the molecule is NCC(C(=O)O)c1ccc(OC2CC2)cc1. The molecule has 4 heteroatoms. The molecule has 0 radical (unpaired) electrons. The second kappa shape index (κ2) is 4.53. The number of carboxylic acid groups (broad SMARTS) is 1. The predicted molar refractivity (Wildman–Crippen MR) is 59.5 cm³/mol. The fourth-order valence-corrected chi connectivity index (χ4v) is 1.54. The van der Waals surface area contributed by atoms with Gasteiger partial charge in [-0.3, -0.25) is 4.79 Å². The molecule has 4 nitrogen and oxygen atoms in total. The minimum absolute atomic E-state index is 0.109. The van der Waals surface area contributed by atoms with E-state index in [4.69, 9.17) is 15.6 Å². The second-order valence-electron chi connectivity index (χ2n) is 4.01. The molecule has 1 aromatic carbocycles. The third-order valence-corrected chi connectivity index (χ3v) is 2.64. The number of benzene rings is 1. The minimum atomic E-state index is -0.890. The van der Waals surface area contributed by atoms with Crippen molar-refractivity contribution in [2.75, 3.05) is 6.54 Å². The molecule has 1 saturated carbocycles. The van der Waals surface area contributed by atoms with Gasteiger partial charge >= 0.3 is 5.97 Å². The molecule has 1 aromatic rings. The predicted octanol–water partition coefficient (Wildman–Crippen LogP) is 1.35. The van der Waals surface area contributed by atoms with Crippen molar-refractivity contribution in [1.82, 2.24) is 0 Å². The quantitative estimate of drug-likeness (QED) is 0.787. The molecule has 0 heterocycles. The summed E-state index contributed by atoms with van der Waals surface area (Å²) in [6, 6.07) is 7.14. The van der Waals surface area contributed by atoms with Crippen molar-refractivity contribution < 1.29 is 14.6 Å². The summed E-state index contributed by atoms with van der Waals surface area (Å²) in [6.45, 7) is 0.109. The molecule has 1 aliphatic rings. The van der Waals surface area contributed by atoms with Crippen LogP contribution in [0.1, 0.15) is 24.3 Å². The van der Waals surface area contributed by atoms with Crippen molar-refractivity contribution in [2.45, 2.75) is 24.9 Å². The fourth-order valence-electron chi connectivity index (χ4n) is 1.54. The first-order valence-corrected chi connectivity index (χ1v) is 5.40. The van der Waals surface area contributed by atoms with Crippen LogP contribution >= 0.6 is 0 Å². The summed E-state index contributed by atoms with van der Waals surface area (Å²) in [5.41, 5.74) is 6.14. The maximum Gasteiger partial charge on any atom is 0.312 e. The van der Waals surface area contributed by atoms with E-state index < -0.39 is 11.9 Å². The molecular weight excluding hydrogens is 206 g/mol. The molecule has 0 aliphatic heterocycles. The van der Waals surface area contributed by atoms with Gasteiger partial charge in [0.25, 0.3) is 0 Å². The molecule has 2 rings (SSSR count). The van der Waals surface area contributed by atoms with Crippen LogP contribution in [-0.4, -0.2) is 23.7 Å². The minimum Gasteiger partial charge on any atom is -0.490 e. The van der Waals surface area contributed by atoms with Crippen LogP contribution in [0.25, 0.3) is 0 Å².